The van der Waals surface area contributed by atoms with E-state index in [4.69, 9.17) is 14.2 Å². The van der Waals surface area contributed by atoms with Crippen LogP contribution in [0.15, 0.2) is 48.5 Å². The van der Waals surface area contributed by atoms with Crippen LogP contribution in [0.3, 0.4) is 0 Å². The summed E-state index contributed by atoms with van der Waals surface area (Å²) in [5, 5.41) is 0. The second-order valence-electron chi connectivity index (χ2n) is 6.67. The normalized spacial score (nSPS) is 13.5. The van der Waals surface area contributed by atoms with E-state index in [0.29, 0.717) is 35.6 Å². The molecule has 0 aromatic heterocycles. The number of carbonyl (C=O) groups excluding carboxylic acids is 3. The number of hydrogen-bond acceptors (Lipinski definition) is 6. The average Bonchev–Trinajstić information content (AvgIpc) is 3.21. The van der Waals surface area contributed by atoms with Crippen molar-refractivity contribution in [1.29, 1.82) is 0 Å². The summed E-state index contributed by atoms with van der Waals surface area (Å²) in [4.78, 5) is 37.8. The van der Waals surface area contributed by atoms with Crippen LogP contribution in [0.4, 0.5) is 5.69 Å². The quantitative estimate of drug-likeness (QED) is 0.378. The van der Waals surface area contributed by atoms with Crippen molar-refractivity contribution < 1.29 is 28.6 Å². The Balaban J connectivity index is 1.56. The van der Waals surface area contributed by atoms with Crippen molar-refractivity contribution in [2.75, 3.05) is 32.3 Å². The second-order valence-corrected chi connectivity index (χ2v) is 6.67. The van der Waals surface area contributed by atoms with Gasteiger partial charge in [-0.3, -0.25) is 9.59 Å². The summed E-state index contributed by atoms with van der Waals surface area (Å²) in [6.45, 7) is 0.314. The van der Waals surface area contributed by atoms with Crippen LogP contribution in [-0.2, 0) is 14.3 Å². The summed E-state index contributed by atoms with van der Waals surface area (Å²) in [6, 6.07) is 11.9. The number of Topliss-reactive ketones (excluding diaryl/α,β-unsaturated/α-hetero) is 1. The molecule has 7 nitrogen and oxygen atoms in total. The number of ketones is 1. The highest BCUT2D eigenvalue weighted by atomic mass is 16.5. The van der Waals surface area contributed by atoms with Gasteiger partial charge in [0, 0.05) is 35.9 Å². The molecule has 0 atom stereocenters. The number of benzene rings is 2. The molecule has 2 aromatic rings. The maximum absolute atomic E-state index is 12.3. The molecule has 0 N–H and O–H groups in total. The summed E-state index contributed by atoms with van der Waals surface area (Å²) in [6.07, 6.45) is 4.15. The van der Waals surface area contributed by atoms with Crippen LogP contribution in [0.1, 0.15) is 28.8 Å². The van der Waals surface area contributed by atoms with Crippen molar-refractivity contribution in [3.63, 3.8) is 0 Å². The first-order chi connectivity index (χ1) is 14.5. The van der Waals surface area contributed by atoms with Crippen LogP contribution in [0, 0.1) is 0 Å². The van der Waals surface area contributed by atoms with Gasteiger partial charge in [0.05, 0.1) is 14.2 Å². The van der Waals surface area contributed by atoms with Crippen molar-refractivity contribution in [2.45, 2.75) is 12.8 Å². The number of methoxy groups -OCH3 is 2. The first-order valence-electron chi connectivity index (χ1n) is 9.52. The molecule has 0 aliphatic carbocycles. The molecule has 1 saturated heterocycles. The van der Waals surface area contributed by atoms with Crippen LogP contribution in [-0.4, -0.2) is 45.0 Å². The first kappa shape index (κ1) is 21.1. The van der Waals surface area contributed by atoms with Gasteiger partial charge < -0.3 is 19.1 Å². The summed E-state index contributed by atoms with van der Waals surface area (Å²) in [7, 11) is 3.08. The molecule has 0 bridgehead atoms. The lowest BCUT2D eigenvalue weighted by atomic mass is 10.1. The highest BCUT2D eigenvalue weighted by Crippen LogP contribution is 2.25. The van der Waals surface area contributed by atoms with Crippen molar-refractivity contribution in [2.24, 2.45) is 0 Å². The third-order valence-electron chi connectivity index (χ3n) is 4.76. The summed E-state index contributed by atoms with van der Waals surface area (Å²) in [5.41, 5.74) is 1.82. The van der Waals surface area contributed by atoms with Crippen LogP contribution in [0.5, 0.6) is 11.5 Å². The number of nitrogens with zero attached hydrogens (tertiary/aromatic N) is 1. The van der Waals surface area contributed by atoms with E-state index in [1.165, 1.54) is 19.3 Å². The highest BCUT2D eigenvalue weighted by Gasteiger charge is 2.21. The van der Waals surface area contributed by atoms with Crippen LogP contribution in [0.2, 0.25) is 0 Å². The number of ether oxygens (including phenoxy) is 3. The predicted molar refractivity (Wildman–Crippen MR) is 112 cm³/mol. The molecule has 156 valence electrons. The maximum atomic E-state index is 12.3. The zero-order valence-electron chi connectivity index (χ0n) is 16.9. The Hall–Kier alpha value is -3.61. The van der Waals surface area contributed by atoms with Gasteiger partial charge in [-0.1, -0.05) is 0 Å². The molecule has 7 heteroatoms. The molecule has 1 amide bonds. The highest BCUT2D eigenvalue weighted by molar-refractivity contribution is 6.00. The SMILES string of the molecule is COc1ccc(OC)c(/C=C/C(=O)OCC(=O)c2ccc(N3CCCC3=O)cc2)c1. The third-order valence-corrected chi connectivity index (χ3v) is 4.76. The molecule has 30 heavy (non-hydrogen) atoms. The molecule has 2 aromatic carbocycles. The molecular formula is C23H23NO6. The van der Waals surface area contributed by atoms with Gasteiger partial charge in [-0.2, -0.15) is 0 Å². The molecule has 1 aliphatic rings. The van der Waals surface area contributed by atoms with Gasteiger partial charge in [0.15, 0.2) is 12.4 Å². The van der Waals surface area contributed by atoms with E-state index in [-0.39, 0.29) is 18.3 Å². The van der Waals surface area contributed by atoms with Gasteiger partial charge in [0.25, 0.3) is 0 Å². The largest absolute Gasteiger partial charge is 0.497 e. The Labute approximate surface area is 174 Å². The van der Waals surface area contributed by atoms with Gasteiger partial charge in [-0.25, -0.2) is 4.79 Å². The third kappa shape index (κ3) is 5.05. The topological polar surface area (TPSA) is 82.1 Å². The lowest BCUT2D eigenvalue weighted by Gasteiger charge is -2.15. The van der Waals surface area contributed by atoms with Gasteiger partial charge in [-0.15, -0.1) is 0 Å². The lowest BCUT2D eigenvalue weighted by Crippen LogP contribution is -2.23. The lowest BCUT2D eigenvalue weighted by molar-refractivity contribution is -0.136. The Morgan fingerprint density at radius 3 is 2.47 bits per heavy atom. The van der Waals surface area contributed by atoms with E-state index >= 15 is 0 Å². The standard InChI is InChI=1S/C23H23NO6/c1-28-19-10-11-21(29-2)17(14-19)7-12-23(27)30-15-20(25)16-5-8-18(9-6-16)24-13-3-4-22(24)26/h5-12,14H,3-4,13,15H2,1-2H3/b12-7+. The Morgan fingerprint density at radius 1 is 1.07 bits per heavy atom. The van der Waals surface area contributed by atoms with E-state index in [1.54, 1.807) is 54.5 Å². The minimum Gasteiger partial charge on any atom is -0.497 e. The summed E-state index contributed by atoms with van der Waals surface area (Å²) < 4.78 is 15.5. The predicted octanol–water partition coefficient (Wildman–Crippen LogP) is 3.27. The summed E-state index contributed by atoms with van der Waals surface area (Å²) >= 11 is 0. The van der Waals surface area contributed by atoms with Gasteiger partial charge in [0.2, 0.25) is 5.91 Å². The zero-order chi connectivity index (χ0) is 21.5. The average molecular weight is 409 g/mol. The second kappa shape index (κ2) is 9.73. The first-order valence-corrected chi connectivity index (χ1v) is 9.52. The fourth-order valence-electron chi connectivity index (χ4n) is 3.14. The smallest absolute Gasteiger partial charge is 0.331 e. The van der Waals surface area contributed by atoms with E-state index in [2.05, 4.69) is 0 Å². The monoisotopic (exact) mass is 409 g/mol. The molecule has 0 radical (unpaired) electrons. The fourth-order valence-corrected chi connectivity index (χ4v) is 3.14. The Kier molecular flexibility index (Phi) is 6.85. The zero-order valence-corrected chi connectivity index (χ0v) is 16.9. The molecule has 3 rings (SSSR count). The maximum Gasteiger partial charge on any atom is 0.331 e. The molecule has 1 fully saturated rings. The molecule has 1 heterocycles. The summed E-state index contributed by atoms with van der Waals surface area (Å²) in [5.74, 6) is 0.315. The molecule has 0 saturated carbocycles. The molecule has 0 unspecified atom stereocenters. The van der Waals surface area contributed by atoms with Crippen molar-refractivity contribution in [1.82, 2.24) is 0 Å². The van der Waals surface area contributed by atoms with E-state index in [0.717, 1.165) is 12.1 Å². The van der Waals surface area contributed by atoms with Crippen LogP contribution >= 0.6 is 0 Å². The van der Waals surface area contributed by atoms with Gasteiger partial charge in [-0.05, 0) is 55.0 Å². The Morgan fingerprint density at radius 2 is 1.83 bits per heavy atom. The Bertz CT molecular complexity index is 964. The van der Waals surface area contributed by atoms with Crippen LogP contribution < -0.4 is 14.4 Å². The molecular weight excluding hydrogens is 386 g/mol. The van der Waals surface area contributed by atoms with Gasteiger partial charge >= 0.3 is 5.97 Å². The van der Waals surface area contributed by atoms with Crippen molar-refractivity contribution in [3.05, 3.63) is 59.7 Å². The van der Waals surface area contributed by atoms with Crippen molar-refractivity contribution >= 4 is 29.4 Å². The van der Waals surface area contributed by atoms with E-state index < -0.39 is 5.97 Å². The minimum atomic E-state index is -0.646. The minimum absolute atomic E-state index is 0.0856. The number of hydrogen-bond donors (Lipinski definition) is 0. The number of amides is 1. The van der Waals surface area contributed by atoms with E-state index in [1.807, 2.05) is 0 Å². The number of carbonyl (C=O) groups is 3. The molecule has 1 aliphatic heterocycles. The fraction of sp³-hybridized carbons (Fsp3) is 0.261. The number of rotatable bonds is 8. The van der Waals surface area contributed by atoms with Crippen LogP contribution in [0.25, 0.3) is 6.08 Å². The molecule has 0 spiro atoms. The number of anilines is 1. The van der Waals surface area contributed by atoms with Crippen molar-refractivity contribution in [3.8, 4) is 11.5 Å². The number of esters is 1. The van der Waals surface area contributed by atoms with E-state index in [9.17, 15) is 14.4 Å². The van der Waals surface area contributed by atoms with Gasteiger partial charge in [0.1, 0.15) is 11.5 Å².